The maximum Gasteiger partial charge on any atom is 0.336 e. The molecule has 0 bridgehead atoms. The van der Waals surface area contributed by atoms with Crippen LogP contribution in [0, 0.1) is 0 Å². The van der Waals surface area contributed by atoms with Crippen LogP contribution < -0.4 is 5.32 Å². The maximum atomic E-state index is 11.0. The lowest BCUT2D eigenvalue weighted by atomic mass is 10.3. The first-order chi connectivity index (χ1) is 5.34. The summed E-state index contributed by atoms with van der Waals surface area (Å²) in [6.45, 7) is 4.17. The first kappa shape index (κ1) is 8.49. The van der Waals surface area contributed by atoms with Gasteiger partial charge in [-0.3, -0.25) is 0 Å². The van der Waals surface area contributed by atoms with Crippen LogP contribution >= 0.6 is 0 Å². The van der Waals surface area contributed by atoms with Gasteiger partial charge in [0, 0.05) is 13.1 Å². The van der Waals surface area contributed by atoms with Crippen LogP contribution in [0.3, 0.4) is 0 Å². The van der Waals surface area contributed by atoms with Crippen LogP contribution in [0.25, 0.3) is 0 Å². The minimum absolute atomic E-state index is 0.264. The number of morpholine rings is 1. The number of carbonyl (C=O) groups is 1. The Bertz CT molecular complexity index is 132. The predicted molar refractivity (Wildman–Crippen MR) is 39.2 cm³/mol. The zero-order chi connectivity index (χ0) is 8.10. The van der Waals surface area contributed by atoms with Crippen molar-refractivity contribution in [2.75, 3.05) is 26.3 Å². The molecule has 1 atom stereocenters. The second-order valence-corrected chi connectivity index (χ2v) is 2.32. The number of esters is 1. The van der Waals surface area contributed by atoms with Crippen molar-refractivity contribution in [1.29, 1.82) is 0 Å². The Morgan fingerprint density at radius 2 is 2.64 bits per heavy atom. The fourth-order valence-electron chi connectivity index (χ4n) is 0.952. The van der Waals surface area contributed by atoms with Crippen LogP contribution in [-0.2, 0) is 14.3 Å². The normalized spacial score (nSPS) is 24.6. The minimum atomic E-state index is -0.399. The number of hydrogen-bond donors (Lipinski definition) is 1. The summed E-state index contributed by atoms with van der Waals surface area (Å²) in [4.78, 5) is 11.0. The van der Waals surface area contributed by atoms with Gasteiger partial charge in [0.05, 0.1) is 13.2 Å². The monoisotopic (exact) mass is 159 g/mol. The van der Waals surface area contributed by atoms with E-state index < -0.39 is 6.10 Å². The van der Waals surface area contributed by atoms with E-state index >= 15 is 0 Å². The van der Waals surface area contributed by atoms with Gasteiger partial charge >= 0.3 is 5.97 Å². The van der Waals surface area contributed by atoms with Crippen molar-refractivity contribution >= 4 is 5.97 Å². The van der Waals surface area contributed by atoms with Crippen LogP contribution in [0.1, 0.15) is 6.92 Å². The first-order valence-electron chi connectivity index (χ1n) is 3.83. The summed E-state index contributed by atoms with van der Waals surface area (Å²) < 4.78 is 9.93. The third-order valence-electron chi connectivity index (χ3n) is 1.48. The molecule has 1 aliphatic heterocycles. The fourth-order valence-corrected chi connectivity index (χ4v) is 0.952. The molecule has 4 nitrogen and oxygen atoms in total. The number of hydrogen-bond acceptors (Lipinski definition) is 4. The summed E-state index contributed by atoms with van der Waals surface area (Å²) in [6.07, 6.45) is -0.399. The summed E-state index contributed by atoms with van der Waals surface area (Å²) in [5.74, 6) is -0.264. The molecular weight excluding hydrogens is 146 g/mol. The van der Waals surface area contributed by atoms with Crippen molar-refractivity contribution < 1.29 is 14.3 Å². The van der Waals surface area contributed by atoms with Gasteiger partial charge in [0.1, 0.15) is 0 Å². The van der Waals surface area contributed by atoms with E-state index in [-0.39, 0.29) is 5.97 Å². The molecule has 0 spiro atoms. The van der Waals surface area contributed by atoms with Gasteiger partial charge in [0.25, 0.3) is 0 Å². The van der Waals surface area contributed by atoms with Crippen molar-refractivity contribution in [1.82, 2.24) is 5.32 Å². The topological polar surface area (TPSA) is 47.6 Å². The molecular formula is C7H13NO3. The average Bonchev–Trinajstić information content (AvgIpc) is 2.07. The van der Waals surface area contributed by atoms with Gasteiger partial charge in [0.2, 0.25) is 0 Å². The average molecular weight is 159 g/mol. The van der Waals surface area contributed by atoms with E-state index in [1.807, 2.05) is 0 Å². The molecule has 0 aliphatic carbocycles. The number of rotatable bonds is 2. The summed E-state index contributed by atoms with van der Waals surface area (Å²) in [7, 11) is 0. The molecule has 0 radical (unpaired) electrons. The third-order valence-corrected chi connectivity index (χ3v) is 1.48. The van der Waals surface area contributed by atoms with E-state index in [1.54, 1.807) is 6.92 Å². The highest BCUT2D eigenvalue weighted by Crippen LogP contribution is 1.98. The molecule has 0 aromatic heterocycles. The zero-order valence-corrected chi connectivity index (χ0v) is 6.63. The summed E-state index contributed by atoms with van der Waals surface area (Å²) in [5.41, 5.74) is 0. The third kappa shape index (κ3) is 2.48. The Kier molecular flexibility index (Phi) is 3.32. The molecule has 64 valence electrons. The molecule has 1 unspecified atom stereocenters. The smallest absolute Gasteiger partial charge is 0.336 e. The Balaban J connectivity index is 2.27. The van der Waals surface area contributed by atoms with Crippen LogP contribution in [0.4, 0.5) is 0 Å². The van der Waals surface area contributed by atoms with Crippen molar-refractivity contribution in [2.45, 2.75) is 13.0 Å². The molecule has 0 amide bonds. The van der Waals surface area contributed by atoms with Crippen LogP contribution in [0.15, 0.2) is 0 Å². The minimum Gasteiger partial charge on any atom is -0.464 e. The van der Waals surface area contributed by atoms with Gasteiger partial charge in [-0.2, -0.15) is 0 Å². The van der Waals surface area contributed by atoms with E-state index in [1.165, 1.54) is 0 Å². The van der Waals surface area contributed by atoms with Gasteiger partial charge in [0.15, 0.2) is 6.10 Å². The van der Waals surface area contributed by atoms with E-state index in [9.17, 15) is 4.79 Å². The van der Waals surface area contributed by atoms with Crippen molar-refractivity contribution in [3.05, 3.63) is 0 Å². The van der Waals surface area contributed by atoms with Gasteiger partial charge in [-0.15, -0.1) is 0 Å². The Hall–Kier alpha value is -0.610. The molecule has 1 rings (SSSR count). The van der Waals surface area contributed by atoms with Crippen LogP contribution in [0.5, 0.6) is 0 Å². The second kappa shape index (κ2) is 4.31. The lowest BCUT2D eigenvalue weighted by Crippen LogP contribution is -2.43. The maximum absolute atomic E-state index is 11.0. The molecule has 1 fully saturated rings. The van der Waals surface area contributed by atoms with Gasteiger partial charge < -0.3 is 14.8 Å². The van der Waals surface area contributed by atoms with Crippen molar-refractivity contribution in [3.63, 3.8) is 0 Å². The lowest BCUT2D eigenvalue weighted by molar-refractivity contribution is -0.158. The van der Waals surface area contributed by atoms with E-state index in [0.717, 1.165) is 6.54 Å². The molecule has 4 heteroatoms. The SMILES string of the molecule is CCOC(=O)C1CNCCO1. The molecule has 11 heavy (non-hydrogen) atoms. The highest BCUT2D eigenvalue weighted by atomic mass is 16.6. The molecule has 0 saturated carbocycles. The first-order valence-corrected chi connectivity index (χ1v) is 3.83. The molecule has 1 heterocycles. The molecule has 1 saturated heterocycles. The zero-order valence-electron chi connectivity index (χ0n) is 6.63. The molecule has 1 N–H and O–H groups in total. The van der Waals surface area contributed by atoms with Gasteiger partial charge in [-0.25, -0.2) is 4.79 Å². The highest BCUT2D eigenvalue weighted by molar-refractivity contribution is 5.75. The fraction of sp³-hybridized carbons (Fsp3) is 0.857. The summed E-state index contributed by atoms with van der Waals surface area (Å²) >= 11 is 0. The number of carbonyl (C=O) groups excluding carboxylic acids is 1. The van der Waals surface area contributed by atoms with Crippen molar-refractivity contribution in [3.8, 4) is 0 Å². The van der Waals surface area contributed by atoms with E-state index in [4.69, 9.17) is 9.47 Å². The van der Waals surface area contributed by atoms with Crippen molar-refractivity contribution in [2.24, 2.45) is 0 Å². The quantitative estimate of drug-likeness (QED) is 0.554. The number of nitrogens with one attached hydrogen (secondary N) is 1. The lowest BCUT2D eigenvalue weighted by Gasteiger charge is -2.21. The molecule has 1 aliphatic rings. The Morgan fingerprint density at radius 1 is 1.82 bits per heavy atom. The Morgan fingerprint density at radius 3 is 3.18 bits per heavy atom. The van der Waals surface area contributed by atoms with Crippen LogP contribution in [-0.4, -0.2) is 38.4 Å². The largest absolute Gasteiger partial charge is 0.464 e. The van der Waals surface area contributed by atoms with E-state index in [2.05, 4.69) is 5.32 Å². The van der Waals surface area contributed by atoms with Crippen LogP contribution in [0.2, 0.25) is 0 Å². The standard InChI is InChI=1S/C7H13NO3/c1-2-10-7(9)6-5-8-3-4-11-6/h6,8H,2-5H2,1H3. The second-order valence-electron chi connectivity index (χ2n) is 2.32. The summed E-state index contributed by atoms with van der Waals surface area (Å²) in [5, 5.41) is 3.05. The predicted octanol–water partition coefficient (Wildman–Crippen LogP) is -0.462. The number of ether oxygens (including phenoxy) is 2. The van der Waals surface area contributed by atoms with E-state index in [0.29, 0.717) is 19.8 Å². The van der Waals surface area contributed by atoms with Gasteiger partial charge in [-0.05, 0) is 6.92 Å². The molecule has 0 aromatic rings. The summed E-state index contributed by atoms with van der Waals surface area (Å²) in [6, 6.07) is 0. The highest BCUT2D eigenvalue weighted by Gasteiger charge is 2.22. The molecule has 0 aromatic carbocycles. The van der Waals surface area contributed by atoms with Gasteiger partial charge in [-0.1, -0.05) is 0 Å². The Labute approximate surface area is 65.9 Å².